The summed E-state index contributed by atoms with van der Waals surface area (Å²) in [6.45, 7) is 1.79. The molecule has 0 aliphatic carbocycles. The van der Waals surface area contributed by atoms with Crippen LogP contribution in [0, 0.1) is 0 Å². The topological polar surface area (TPSA) is 133 Å². The minimum absolute atomic E-state index is 0.125. The summed E-state index contributed by atoms with van der Waals surface area (Å²) in [7, 11) is 0. The molecule has 20 heavy (non-hydrogen) atoms. The normalized spacial score (nSPS) is 20.6. The van der Waals surface area contributed by atoms with Crippen molar-refractivity contribution in [2.24, 2.45) is 5.73 Å². The van der Waals surface area contributed by atoms with E-state index < -0.39 is 18.0 Å². The summed E-state index contributed by atoms with van der Waals surface area (Å²) in [6, 6.07) is -1.54. The summed E-state index contributed by atoms with van der Waals surface area (Å²) < 4.78 is 0. The predicted octanol–water partition coefficient (Wildman–Crippen LogP) is -1.16. The van der Waals surface area contributed by atoms with Crippen LogP contribution in [0.5, 0.6) is 0 Å². The van der Waals surface area contributed by atoms with Gasteiger partial charge in [0.15, 0.2) is 0 Å². The number of carboxylic acid groups (broad SMARTS) is 2. The first-order valence-corrected chi connectivity index (χ1v) is 6.64. The number of nitrogens with zero attached hydrogens (tertiary/aromatic N) is 1. The lowest BCUT2D eigenvalue weighted by Crippen LogP contribution is -2.50. The van der Waals surface area contributed by atoms with Crippen LogP contribution in [0.15, 0.2) is 0 Å². The van der Waals surface area contributed by atoms with Crippen LogP contribution in [0.4, 0.5) is 0 Å². The second-order valence-electron chi connectivity index (χ2n) is 4.81. The molecule has 1 rings (SSSR count). The number of aliphatic carboxylic acids is 2. The number of carbonyl (C=O) groups is 3. The van der Waals surface area contributed by atoms with Gasteiger partial charge in [0.2, 0.25) is 5.91 Å². The zero-order valence-corrected chi connectivity index (χ0v) is 11.2. The van der Waals surface area contributed by atoms with Crippen molar-refractivity contribution in [1.29, 1.82) is 0 Å². The van der Waals surface area contributed by atoms with Crippen LogP contribution in [0.1, 0.15) is 25.7 Å². The number of hydrogen-bond acceptors (Lipinski definition) is 5. The zero-order chi connectivity index (χ0) is 15.1. The fourth-order valence-electron chi connectivity index (χ4n) is 2.35. The summed E-state index contributed by atoms with van der Waals surface area (Å²) >= 11 is 0. The molecule has 1 amide bonds. The molecule has 5 N–H and O–H groups in total. The molecule has 1 aliphatic heterocycles. The van der Waals surface area contributed by atoms with Crippen LogP contribution in [-0.2, 0) is 14.4 Å². The second kappa shape index (κ2) is 7.81. The van der Waals surface area contributed by atoms with Crippen molar-refractivity contribution in [2.45, 2.75) is 37.8 Å². The molecular weight excluding hydrogens is 266 g/mol. The van der Waals surface area contributed by atoms with E-state index in [2.05, 4.69) is 5.32 Å². The van der Waals surface area contributed by atoms with Gasteiger partial charge >= 0.3 is 11.9 Å². The van der Waals surface area contributed by atoms with E-state index in [1.54, 1.807) is 0 Å². The number of nitrogens with one attached hydrogen (secondary N) is 1. The Kier molecular flexibility index (Phi) is 6.40. The summed E-state index contributed by atoms with van der Waals surface area (Å²) in [5, 5.41) is 20.0. The quantitative estimate of drug-likeness (QED) is 0.442. The van der Waals surface area contributed by atoms with Crippen molar-refractivity contribution in [1.82, 2.24) is 10.2 Å². The van der Waals surface area contributed by atoms with E-state index in [0.717, 1.165) is 13.0 Å². The van der Waals surface area contributed by atoms with E-state index in [1.165, 1.54) is 0 Å². The van der Waals surface area contributed by atoms with E-state index in [0.29, 0.717) is 19.5 Å². The fourth-order valence-corrected chi connectivity index (χ4v) is 2.35. The third kappa shape index (κ3) is 4.78. The lowest BCUT2D eigenvalue weighted by atomic mass is 10.1. The monoisotopic (exact) mass is 287 g/mol. The van der Waals surface area contributed by atoms with Gasteiger partial charge in [-0.05, 0) is 25.8 Å². The van der Waals surface area contributed by atoms with E-state index in [9.17, 15) is 14.4 Å². The summed E-state index contributed by atoms with van der Waals surface area (Å²) in [5.74, 6) is -2.67. The number of likely N-dealkylation sites (tertiary alicyclic amines) is 1. The Bertz CT molecular complexity index is 374. The molecule has 1 saturated heterocycles. The molecule has 0 aromatic rings. The molecule has 0 unspecified atom stereocenters. The highest BCUT2D eigenvalue weighted by Crippen LogP contribution is 2.17. The van der Waals surface area contributed by atoms with Gasteiger partial charge in [-0.1, -0.05) is 0 Å². The Balaban J connectivity index is 2.56. The largest absolute Gasteiger partial charge is 0.481 e. The van der Waals surface area contributed by atoms with Crippen molar-refractivity contribution in [3.63, 3.8) is 0 Å². The first-order valence-electron chi connectivity index (χ1n) is 6.64. The number of carboxylic acids is 2. The molecular formula is C12H21N3O5. The highest BCUT2D eigenvalue weighted by Gasteiger charge is 2.32. The maximum Gasteiger partial charge on any atom is 0.326 e. The van der Waals surface area contributed by atoms with Crippen LogP contribution in [0.3, 0.4) is 0 Å². The van der Waals surface area contributed by atoms with E-state index in [-0.39, 0.29) is 24.8 Å². The molecule has 0 spiro atoms. The van der Waals surface area contributed by atoms with Crippen molar-refractivity contribution in [3.8, 4) is 0 Å². The zero-order valence-electron chi connectivity index (χ0n) is 11.2. The van der Waals surface area contributed by atoms with Crippen molar-refractivity contribution in [2.75, 3.05) is 19.6 Å². The number of rotatable bonds is 8. The van der Waals surface area contributed by atoms with Crippen molar-refractivity contribution < 1.29 is 24.6 Å². The van der Waals surface area contributed by atoms with Gasteiger partial charge in [0, 0.05) is 19.5 Å². The molecule has 0 radical (unpaired) electrons. The van der Waals surface area contributed by atoms with E-state index >= 15 is 0 Å². The van der Waals surface area contributed by atoms with Gasteiger partial charge < -0.3 is 21.3 Å². The van der Waals surface area contributed by atoms with Crippen LogP contribution in [-0.4, -0.2) is 64.7 Å². The van der Waals surface area contributed by atoms with Crippen LogP contribution in [0.25, 0.3) is 0 Å². The van der Waals surface area contributed by atoms with Crippen molar-refractivity contribution >= 4 is 17.8 Å². The highest BCUT2D eigenvalue weighted by molar-refractivity contribution is 5.87. The van der Waals surface area contributed by atoms with Crippen LogP contribution in [0.2, 0.25) is 0 Å². The summed E-state index contributed by atoms with van der Waals surface area (Å²) in [5.41, 5.74) is 5.47. The fraction of sp³-hybridized carbons (Fsp3) is 0.750. The molecule has 1 aliphatic rings. The van der Waals surface area contributed by atoms with Gasteiger partial charge in [-0.3, -0.25) is 14.5 Å². The third-order valence-corrected chi connectivity index (χ3v) is 3.34. The number of nitrogens with two attached hydrogens (primary N) is 1. The molecule has 1 heterocycles. The Morgan fingerprint density at radius 1 is 1.35 bits per heavy atom. The van der Waals surface area contributed by atoms with E-state index in [1.807, 2.05) is 4.90 Å². The first-order chi connectivity index (χ1) is 9.45. The molecule has 0 saturated carbocycles. The standard InChI is InChI=1S/C12H21N3O5/c13-5-7-15-6-1-2-9(15)11(18)14-8(12(19)20)3-4-10(16)17/h8-9H,1-7,13H2,(H,14,18)(H,16,17)(H,19,20)/t8-,9-/m0/s1. The van der Waals surface area contributed by atoms with Gasteiger partial charge in [-0.25, -0.2) is 4.79 Å². The van der Waals surface area contributed by atoms with Gasteiger partial charge in [-0.15, -0.1) is 0 Å². The van der Waals surface area contributed by atoms with Gasteiger partial charge in [-0.2, -0.15) is 0 Å². The Hall–Kier alpha value is -1.67. The maximum atomic E-state index is 12.1. The van der Waals surface area contributed by atoms with Gasteiger partial charge in [0.1, 0.15) is 6.04 Å². The summed E-state index contributed by atoms with van der Waals surface area (Å²) in [6.07, 6.45) is 1.11. The van der Waals surface area contributed by atoms with Gasteiger partial charge in [0.25, 0.3) is 0 Å². The molecule has 0 bridgehead atoms. The maximum absolute atomic E-state index is 12.1. The average Bonchev–Trinajstić information content (AvgIpc) is 2.82. The minimum atomic E-state index is -1.22. The molecule has 0 aromatic heterocycles. The predicted molar refractivity (Wildman–Crippen MR) is 70.1 cm³/mol. The third-order valence-electron chi connectivity index (χ3n) is 3.34. The van der Waals surface area contributed by atoms with Crippen LogP contribution >= 0.6 is 0 Å². The Morgan fingerprint density at radius 2 is 2.05 bits per heavy atom. The lowest BCUT2D eigenvalue weighted by Gasteiger charge is -2.24. The van der Waals surface area contributed by atoms with Crippen LogP contribution < -0.4 is 11.1 Å². The number of amides is 1. The smallest absolute Gasteiger partial charge is 0.326 e. The number of hydrogen-bond donors (Lipinski definition) is 4. The highest BCUT2D eigenvalue weighted by atomic mass is 16.4. The molecule has 8 nitrogen and oxygen atoms in total. The van der Waals surface area contributed by atoms with Crippen molar-refractivity contribution in [3.05, 3.63) is 0 Å². The summed E-state index contributed by atoms with van der Waals surface area (Å²) in [4.78, 5) is 35.5. The number of carbonyl (C=O) groups excluding carboxylic acids is 1. The SMILES string of the molecule is NCCN1CCC[C@H]1C(=O)N[C@@H](CCC(=O)O)C(=O)O. The Morgan fingerprint density at radius 3 is 2.60 bits per heavy atom. The average molecular weight is 287 g/mol. The molecule has 1 fully saturated rings. The lowest BCUT2D eigenvalue weighted by molar-refractivity contribution is -0.143. The first kappa shape index (κ1) is 16.4. The Labute approximate surface area is 116 Å². The molecule has 2 atom stereocenters. The minimum Gasteiger partial charge on any atom is -0.481 e. The molecule has 0 aromatic carbocycles. The molecule has 114 valence electrons. The van der Waals surface area contributed by atoms with Gasteiger partial charge in [0.05, 0.1) is 6.04 Å². The second-order valence-corrected chi connectivity index (χ2v) is 4.81. The molecule has 8 heteroatoms. The van der Waals surface area contributed by atoms with E-state index in [4.69, 9.17) is 15.9 Å².